The summed E-state index contributed by atoms with van der Waals surface area (Å²) < 4.78 is 2.15. The Bertz CT molecular complexity index is 304. The number of rotatable bonds is 7. The number of aromatic nitrogens is 2. The number of hydrogen-bond donors (Lipinski definition) is 1. The van der Waals surface area contributed by atoms with Crippen molar-refractivity contribution < 1.29 is 0 Å². The summed E-state index contributed by atoms with van der Waals surface area (Å²) in [6.45, 7) is 7.49. The summed E-state index contributed by atoms with van der Waals surface area (Å²) >= 11 is 0. The zero-order valence-corrected chi connectivity index (χ0v) is 10.9. The zero-order chi connectivity index (χ0) is 12.0. The summed E-state index contributed by atoms with van der Waals surface area (Å²) in [5, 5.41) is 4.60. The van der Waals surface area contributed by atoms with Gasteiger partial charge in [0.2, 0.25) is 0 Å². The molecule has 3 heteroatoms. The third-order valence-corrected chi connectivity index (χ3v) is 3.11. The Morgan fingerprint density at radius 2 is 2.06 bits per heavy atom. The maximum Gasteiger partial charge on any atom is 0.0624 e. The van der Waals surface area contributed by atoms with E-state index in [9.17, 15) is 0 Å². The topological polar surface area (TPSA) is 43.8 Å². The molecule has 1 rings (SSSR count). The first-order chi connectivity index (χ1) is 7.71. The molecule has 1 aromatic heterocycles. The van der Waals surface area contributed by atoms with Gasteiger partial charge in [-0.1, -0.05) is 20.8 Å². The van der Waals surface area contributed by atoms with E-state index in [1.165, 1.54) is 11.4 Å². The van der Waals surface area contributed by atoms with Crippen LogP contribution >= 0.6 is 0 Å². The number of nitrogens with zero attached hydrogens (tertiary/aromatic N) is 2. The van der Waals surface area contributed by atoms with E-state index >= 15 is 0 Å². The van der Waals surface area contributed by atoms with Crippen LogP contribution in [0.1, 0.15) is 51.4 Å². The molecule has 0 radical (unpaired) electrons. The summed E-state index contributed by atoms with van der Waals surface area (Å²) in [6, 6.07) is 2.58. The molecule has 0 saturated carbocycles. The molecule has 0 spiro atoms. The molecule has 0 aromatic carbocycles. The van der Waals surface area contributed by atoms with Crippen molar-refractivity contribution in [1.29, 1.82) is 0 Å². The molecule has 3 nitrogen and oxygen atoms in total. The molecular formula is C13H25N3. The van der Waals surface area contributed by atoms with Crippen LogP contribution in [0.3, 0.4) is 0 Å². The lowest BCUT2D eigenvalue weighted by Crippen LogP contribution is -2.19. The molecule has 0 fully saturated rings. The van der Waals surface area contributed by atoms with Gasteiger partial charge in [0, 0.05) is 18.3 Å². The van der Waals surface area contributed by atoms with Gasteiger partial charge in [-0.05, 0) is 38.2 Å². The van der Waals surface area contributed by atoms with Gasteiger partial charge in [-0.3, -0.25) is 4.68 Å². The van der Waals surface area contributed by atoms with Crippen LogP contribution in [0.25, 0.3) is 0 Å². The maximum absolute atomic E-state index is 5.91. The minimum atomic E-state index is 0.353. The highest BCUT2D eigenvalue weighted by atomic mass is 15.3. The largest absolute Gasteiger partial charge is 0.328 e. The SMILES string of the molecule is CCc1cc(CC)n(CCCC(N)CC)n1. The Labute approximate surface area is 99.0 Å². The fourth-order valence-electron chi connectivity index (χ4n) is 1.87. The molecule has 92 valence electrons. The van der Waals surface area contributed by atoms with Crippen LogP contribution in [-0.4, -0.2) is 15.8 Å². The van der Waals surface area contributed by atoms with Crippen LogP contribution in [0, 0.1) is 0 Å². The van der Waals surface area contributed by atoms with Crippen LogP contribution < -0.4 is 5.73 Å². The number of nitrogens with two attached hydrogens (primary N) is 1. The molecule has 0 aliphatic rings. The van der Waals surface area contributed by atoms with Crippen LogP contribution in [0.5, 0.6) is 0 Å². The van der Waals surface area contributed by atoms with E-state index in [0.717, 1.165) is 38.6 Å². The van der Waals surface area contributed by atoms with Gasteiger partial charge in [-0.15, -0.1) is 0 Å². The summed E-state index contributed by atoms with van der Waals surface area (Å²) in [7, 11) is 0. The first-order valence-electron chi connectivity index (χ1n) is 6.52. The third kappa shape index (κ3) is 3.63. The second-order valence-corrected chi connectivity index (χ2v) is 4.37. The average Bonchev–Trinajstić information content (AvgIpc) is 2.71. The highest BCUT2D eigenvalue weighted by Crippen LogP contribution is 2.08. The van der Waals surface area contributed by atoms with E-state index in [0.29, 0.717) is 6.04 Å². The first kappa shape index (κ1) is 13.2. The second-order valence-electron chi connectivity index (χ2n) is 4.37. The lowest BCUT2D eigenvalue weighted by molar-refractivity contribution is 0.490. The van der Waals surface area contributed by atoms with E-state index in [4.69, 9.17) is 5.73 Å². The fourth-order valence-corrected chi connectivity index (χ4v) is 1.87. The monoisotopic (exact) mass is 223 g/mol. The van der Waals surface area contributed by atoms with Gasteiger partial charge >= 0.3 is 0 Å². The van der Waals surface area contributed by atoms with Crippen LogP contribution in [0.15, 0.2) is 6.07 Å². The van der Waals surface area contributed by atoms with Gasteiger partial charge < -0.3 is 5.73 Å². The van der Waals surface area contributed by atoms with Crippen molar-refractivity contribution in [1.82, 2.24) is 9.78 Å². The minimum Gasteiger partial charge on any atom is -0.328 e. The van der Waals surface area contributed by atoms with Crippen LogP contribution in [-0.2, 0) is 19.4 Å². The van der Waals surface area contributed by atoms with Gasteiger partial charge in [0.1, 0.15) is 0 Å². The van der Waals surface area contributed by atoms with Gasteiger partial charge in [-0.2, -0.15) is 5.10 Å². The normalized spacial score (nSPS) is 13.0. The van der Waals surface area contributed by atoms with Crippen molar-refractivity contribution in [2.75, 3.05) is 0 Å². The standard InChI is InChI=1S/C13H25N3/c1-4-11(14)8-7-9-16-13(6-3)10-12(5-2)15-16/h10-11H,4-9,14H2,1-3H3. The Balaban J connectivity index is 2.49. The molecule has 1 aromatic rings. The van der Waals surface area contributed by atoms with Crippen molar-refractivity contribution in [3.63, 3.8) is 0 Å². The Morgan fingerprint density at radius 3 is 2.62 bits per heavy atom. The minimum absolute atomic E-state index is 0.353. The Morgan fingerprint density at radius 1 is 1.31 bits per heavy atom. The highest BCUT2D eigenvalue weighted by molar-refractivity contribution is 5.10. The molecule has 1 unspecified atom stereocenters. The predicted octanol–water partition coefficient (Wildman–Crippen LogP) is 2.53. The summed E-state index contributed by atoms with van der Waals surface area (Å²) in [5.74, 6) is 0. The van der Waals surface area contributed by atoms with E-state index in [1.54, 1.807) is 0 Å². The zero-order valence-electron chi connectivity index (χ0n) is 10.9. The Hall–Kier alpha value is -0.830. The molecule has 0 amide bonds. The van der Waals surface area contributed by atoms with Crippen molar-refractivity contribution in [3.05, 3.63) is 17.5 Å². The molecule has 0 saturated heterocycles. The Kier molecular flexibility index (Phi) is 5.53. The fraction of sp³-hybridized carbons (Fsp3) is 0.769. The van der Waals surface area contributed by atoms with Gasteiger partial charge in [0.15, 0.2) is 0 Å². The molecule has 0 aliphatic heterocycles. The van der Waals surface area contributed by atoms with Crippen LogP contribution in [0.2, 0.25) is 0 Å². The van der Waals surface area contributed by atoms with Crippen molar-refractivity contribution in [2.45, 2.75) is 65.5 Å². The quantitative estimate of drug-likeness (QED) is 0.772. The molecule has 1 heterocycles. The van der Waals surface area contributed by atoms with E-state index < -0.39 is 0 Å². The predicted molar refractivity (Wildman–Crippen MR) is 68.5 cm³/mol. The summed E-state index contributed by atoms with van der Waals surface area (Å²) in [6.07, 6.45) is 5.38. The van der Waals surface area contributed by atoms with Gasteiger partial charge in [-0.25, -0.2) is 0 Å². The first-order valence-corrected chi connectivity index (χ1v) is 6.52. The van der Waals surface area contributed by atoms with Crippen molar-refractivity contribution >= 4 is 0 Å². The lowest BCUT2D eigenvalue weighted by atomic mass is 10.1. The molecule has 1 atom stereocenters. The number of hydrogen-bond acceptors (Lipinski definition) is 2. The smallest absolute Gasteiger partial charge is 0.0624 e. The van der Waals surface area contributed by atoms with E-state index in [1.807, 2.05) is 0 Å². The van der Waals surface area contributed by atoms with Crippen LogP contribution in [0.4, 0.5) is 0 Å². The molecule has 16 heavy (non-hydrogen) atoms. The molecule has 0 bridgehead atoms. The summed E-state index contributed by atoms with van der Waals surface area (Å²) in [4.78, 5) is 0. The van der Waals surface area contributed by atoms with E-state index in [2.05, 4.69) is 36.6 Å². The molecular weight excluding hydrogens is 198 g/mol. The lowest BCUT2D eigenvalue weighted by Gasteiger charge is -2.09. The maximum atomic E-state index is 5.91. The van der Waals surface area contributed by atoms with Gasteiger partial charge in [0.25, 0.3) is 0 Å². The molecule has 2 N–H and O–H groups in total. The second kappa shape index (κ2) is 6.69. The van der Waals surface area contributed by atoms with Gasteiger partial charge in [0.05, 0.1) is 5.69 Å². The molecule has 0 aliphatic carbocycles. The highest BCUT2D eigenvalue weighted by Gasteiger charge is 2.05. The summed E-state index contributed by atoms with van der Waals surface area (Å²) in [5.41, 5.74) is 8.46. The average molecular weight is 223 g/mol. The number of aryl methyl sites for hydroxylation is 3. The van der Waals surface area contributed by atoms with E-state index in [-0.39, 0.29) is 0 Å². The van der Waals surface area contributed by atoms with Crippen molar-refractivity contribution in [3.8, 4) is 0 Å². The third-order valence-electron chi connectivity index (χ3n) is 3.11. The van der Waals surface area contributed by atoms with Crippen molar-refractivity contribution in [2.24, 2.45) is 5.73 Å².